The Hall–Kier alpha value is -1.00. The van der Waals surface area contributed by atoms with E-state index in [4.69, 9.17) is 5.41 Å². The van der Waals surface area contributed by atoms with Gasteiger partial charge in [-0.15, -0.1) is 0 Å². The van der Waals surface area contributed by atoms with E-state index in [9.17, 15) is 13.2 Å². The van der Waals surface area contributed by atoms with E-state index in [1.165, 1.54) is 0 Å². The Kier molecular flexibility index (Phi) is 3.79. The van der Waals surface area contributed by atoms with Gasteiger partial charge in [0.2, 0.25) is 5.76 Å². The largest absolute Gasteiger partial charge is 0.492 e. The van der Waals surface area contributed by atoms with Crippen LogP contribution in [-0.2, 0) is 4.74 Å². The molecule has 0 aliphatic rings. The molecule has 2 N–H and O–H groups in total. The van der Waals surface area contributed by atoms with E-state index in [1.807, 2.05) is 0 Å². The molecule has 0 saturated heterocycles. The van der Waals surface area contributed by atoms with Gasteiger partial charge < -0.3 is 4.74 Å². The average molecular weight is 182 g/mol. The van der Waals surface area contributed by atoms with Crippen LogP contribution in [0.3, 0.4) is 0 Å². The Balaban J connectivity index is 4.55. The van der Waals surface area contributed by atoms with Crippen molar-refractivity contribution in [2.45, 2.75) is 19.5 Å². The normalized spacial score (nSPS) is 12.9. The standard InChI is InChI=1S/C7H10F3NO/c1-3-5(11)4-6(12-2)7(8,9)10/h4,11H,3H2,1-2H3/p+1/b6-4-,11-5?. The molecule has 0 spiro atoms. The van der Waals surface area contributed by atoms with Crippen molar-refractivity contribution in [3.05, 3.63) is 11.8 Å². The first-order valence-corrected chi connectivity index (χ1v) is 3.36. The van der Waals surface area contributed by atoms with Crippen molar-refractivity contribution in [3.8, 4) is 0 Å². The molecular formula is C7H11F3NO+. The average Bonchev–Trinajstić information content (AvgIpc) is 1.97. The third kappa shape index (κ3) is 3.41. The summed E-state index contributed by atoms with van der Waals surface area (Å²) < 4.78 is 40.0. The van der Waals surface area contributed by atoms with Crippen LogP contribution in [0.1, 0.15) is 13.3 Å². The number of alkyl halides is 3. The van der Waals surface area contributed by atoms with Crippen LogP contribution in [0.25, 0.3) is 0 Å². The van der Waals surface area contributed by atoms with Crippen molar-refractivity contribution >= 4 is 5.71 Å². The molecule has 0 aromatic heterocycles. The molecule has 0 aliphatic carbocycles. The minimum Gasteiger partial charge on any atom is -0.492 e. The Bertz CT molecular complexity index is 195. The molecule has 5 heteroatoms. The molecule has 0 fully saturated rings. The van der Waals surface area contributed by atoms with Gasteiger partial charge in [-0.3, -0.25) is 5.41 Å². The number of hydrogen-bond acceptors (Lipinski definition) is 1. The highest BCUT2D eigenvalue weighted by molar-refractivity contribution is 5.89. The van der Waals surface area contributed by atoms with Gasteiger partial charge in [0.05, 0.1) is 13.2 Å². The van der Waals surface area contributed by atoms with Gasteiger partial charge in [0.25, 0.3) is 0 Å². The molecule has 70 valence electrons. The quantitative estimate of drug-likeness (QED) is 0.505. The predicted octanol–water partition coefficient (Wildman–Crippen LogP) is 0.689. The first kappa shape index (κ1) is 11.0. The van der Waals surface area contributed by atoms with Gasteiger partial charge in [-0.05, 0) is 0 Å². The first-order valence-electron chi connectivity index (χ1n) is 3.36. The summed E-state index contributed by atoms with van der Waals surface area (Å²) in [5.74, 6) is -1.07. The van der Waals surface area contributed by atoms with E-state index in [2.05, 4.69) is 4.74 Å². The molecule has 0 saturated carbocycles. The van der Waals surface area contributed by atoms with Crippen LogP contribution in [0.2, 0.25) is 0 Å². The van der Waals surface area contributed by atoms with Crippen LogP contribution >= 0.6 is 0 Å². The predicted molar refractivity (Wildman–Crippen MR) is 38.4 cm³/mol. The fourth-order valence-corrected chi connectivity index (χ4v) is 0.527. The number of hydrogen-bond donors (Lipinski definition) is 1. The van der Waals surface area contributed by atoms with Crippen molar-refractivity contribution in [3.63, 3.8) is 0 Å². The fraction of sp³-hybridized carbons (Fsp3) is 0.571. The van der Waals surface area contributed by atoms with E-state index in [0.717, 1.165) is 13.2 Å². The highest BCUT2D eigenvalue weighted by Crippen LogP contribution is 2.25. The molecule has 0 heterocycles. The van der Waals surface area contributed by atoms with Crippen molar-refractivity contribution in [1.82, 2.24) is 0 Å². The van der Waals surface area contributed by atoms with E-state index in [-0.39, 0.29) is 5.71 Å². The molecule has 0 aromatic rings. The second kappa shape index (κ2) is 4.13. The third-order valence-corrected chi connectivity index (χ3v) is 1.22. The Morgan fingerprint density at radius 1 is 1.50 bits per heavy atom. The molecule has 0 radical (unpaired) electrons. The molecule has 0 aliphatic heterocycles. The summed E-state index contributed by atoms with van der Waals surface area (Å²) in [7, 11) is 0.961. The molecule has 12 heavy (non-hydrogen) atoms. The molecule has 0 atom stereocenters. The first-order chi connectivity index (χ1) is 5.41. The zero-order valence-electron chi connectivity index (χ0n) is 6.90. The summed E-state index contributed by atoms with van der Waals surface area (Å²) in [5.41, 5.74) is 0.143. The van der Waals surface area contributed by atoms with E-state index in [1.54, 1.807) is 6.92 Å². The molecule has 0 aromatic carbocycles. The van der Waals surface area contributed by atoms with Crippen molar-refractivity contribution in [2.75, 3.05) is 7.11 Å². The summed E-state index contributed by atoms with van der Waals surface area (Å²) >= 11 is 0. The highest BCUT2D eigenvalue weighted by atomic mass is 19.4. The van der Waals surface area contributed by atoms with Crippen LogP contribution < -0.4 is 5.41 Å². The fourth-order valence-electron chi connectivity index (χ4n) is 0.527. The summed E-state index contributed by atoms with van der Waals surface area (Å²) in [6, 6.07) is 0. The molecule has 0 bridgehead atoms. The maximum absolute atomic E-state index is 12.0. The minimum atomic E-state index is -4.46. The van der Waals surface area contributed by atoms with Gasteiger partial charge in [0.15, 0.2) is 5.71 Å². The van der Waals surface area contributed by atoms with Gasteiger partial charge in [-0.25, -0.2) is 0 Å². The van der Waals surface area contributed by atoms with Crippen LogP contribution in [0.5, 0.6) is 0 Å². The number of allylic oxidation sites excluding steroid dienone is 2. The van der Waals surface area contributed by atoms with Gasteiger partial charge >= 0.3 is 6.18 Å². The lowest BCUT2D eigenvalue weighted by Crippen LogP contribution is -2.38. The van der Waals surface area contributed by atoms with Gasteiger partial charge in [0.1, 0.15) is 0 Å². The summed E-state index contributed by atoms with van der Waals surface area (Å²) in [6.07, 6.45) is -3.31. The topological polar surface area (TPSA) is 34.8 Å². The minimum absolute atomic E-state index is 0.143. The van der Waals surface area contributed by atoms with Crippen LogP contribution in [0.4, 0.5) is 13.2 Å². The van der Waals surface area contributed by atoms with Crippen LogP contribution in [0, 0.1) is 0 Å². The van der Waals surface area contributed by atoms with Crippen molar-refractivity contribution in [2.24, 2.45) is 0 Å². The molecular weight excluding hydrogens is 171 g/mol. The van der Waals surface area contributed by atoms with Gasteiger partial charge in [-0.1, -0.05) is 6.92 Å². The second-order valence-corrected chi connectivity index (χ2v) is 2.14. The van der Waals surface area contributed by atoms with Crippen molar-refractivity contribution in [1.29, 1.82) is 0 Å². The Morgan fingerprint density at radius 3 is 2.25 bits per heavy atom. The number of nitrogens with two attached hydrogens (primary N) is 1. The van der Waals surface area contributed by atoms with E-state index in [0.29, 0.717) is 6.42 Å². The zero-order valence-corrected chi connectivity index (χ0v) is 6.90. The lowest BCUT2D eigenvalue weighted by Gasteiger charge is -2.08. The smallest absolute Gasteiger partial charge is 0.449 e. The number of halogens is 3. The number of rotatable bonds is 3. The summed E-state index contributed by atoms with van der Waals surface area (Å²) in [4.78, 5) is 0. The maximum atomic E-state index is 12.0. The van der Waals surface area contributed by atoms with E-state index >= 15 is 0 Å². The maximum Gasteiger partial charge on any atom is 0.449 e. The summed E-state index contributed by atoms with van der Waals surface area (Å²) in [6.45, 7) is 1.66. The van der Waals surface area contributed by atoms with Gasteiger partial charge in [-0.2, -0.15) is 13.2 Å². The lowest BCUT2D eigenvalue weighted by molar-refractivity contribution is -0.129. The number of ether oxygens (including phenoxy) is 1. The SMILES string of the molecule is CCC(=[NH2+])/C=C(\OC)C(F)(F)F. The number of methoxy groups -OCH3 is 1. The van der Waals surface area contributed by atoms with Crippen LogP contribution in [0.15, 0.2) is 11.8 Å². The highest BCUT2D eigenvalue weighted by Gasteiger charge is 2.35. The van der Waals surface area contributed by atoms with Crippen molar-refractivity contribution < 1.29 is 23.3 Å². The Labute approximate surface area is 68.5 Å². The molecule has 0 unspecified atom stereocenters. The molecule has 0 rings (SSSR count). The van der Waals surface area contributed by atoms with Crippen LogP contribution in [-0.4, -0.2) is 19.0 Å². The monoisotopic (exact) mass is 182 g/mol. The van der Waals surface area contributed by atoms with Gasteiger partial charge in [0, 0.05) is 6.42 Å². The summed E-state index contributed by atoms with van der Waals surface area (Å²) in [5, 5.41) is 5.21. The third-order valence-electron chi connectivity index (χ3n) is 1.22. The Morgan fingerprint density at radius 2 is 2.00 bits per heavy atom. The zero-order chi connectivity index (χ0) is 9.78. The molecule has 0 amide bonds. The molecule has 2 nitrogen and oxygen atoms in total. The second-order valence-electron chi connectivity index (χ2n) is 2.14. The lowest BCUT2D eigenvalue weighted by atomic mass is 10.2. The van der Waals surface area contributed by atoms with E-state index < -0.39 is 11.9 Å².